The zero-order valence-corrected chi connectivity index (χ0v) is 11.5. The highest BCUT2D eigenvalue weighted by molar-refractivity contribution is 7.13. The summed E-state index contributed by atoms with van der Waals surface area (Å²) in [6, 6.07) is 1.18. The molecule has 2 N–H and O–H groups in total. The van der Waals surface area contributed by atoms with E-state index >= 15 is 0 Å². The molecule has 0 aromatic carbocycles. The van der Waals surface area contributed by atoms with Crippen molar-refractivity contribution in [2.45, 2.75) is 6.92 Å². The van der Waals surface area contributed by atoms with E-state index < -0.39 is 10.8 Å². The zero-order valence-electron chi connectivity index (χ0n) is 10.7. The predicted molar refractivity (Wildman–Crippen MR) is 75.2 cm³/mol. The fourth-order valence-electron chi connectivity index (χ4n) is 1.50. The van der Waals surface area contributed by atoms with Crippen molar-refractivity contribution in [1.82, 2.24) is 9.97 Å². The first-order valence-electron chi connectivity index (χ1n) is 5.57. The fraction of sp³-hybridized carbons (Fsp3) is 0.182. The number of nitro groups is 1. The first kappa shape index (κ1) is 13.9. The Bertz CT molecular complexity index is 670. The van der Waals surface area contributed by atoms with E-state index in [0.717, 1.165) is 11.9 Å². The van der Waals surface area contributed by atoms with Gasteiger partial charge in [0, 0.05) is 18.5 Å². The van der Waals surface area contributed by atoms with Crippen LogP contribution in [0.5, 0.6) is 0 Å². The number of amides is 1. The third-order valence-corrected chi connectivity index (χ3v) is 3.28. The summed E-state index contributed by atoms with van der Waals surface area (Å²) in [5, 5.41) is 18.3. The van der Waals surface area contributed by atoms with Gasteiger partial charge in [-0.1, -0.05) is 0 Å². The lowest BCUT2D eigenvalue weighted by atomic mass is 10.2. The average Bonchev–Trinajstić information content (AvgIpc) is 2.83. The van der Waals surface area contributed by atoms with E-state index in [0.29, 0.717) is 5.13 Å². The Hall–Kier alpha value is -2.55. The number of carbonyl (C=O) groups excluding carboxylic acids is 1. The molecule has 0 saturated carbocycles. The minimum atomic E-state index is -0.600. The maximum atomic E-state index is 12.1. The number of thiazole rings is 1. The molecular weight excluding hydrogens is 282 g/mol. The Labute approximate surface area is 118 Å². The number of anilines is 2. The van der Waals surface area contributed by atoms with E-state index in [9.17, 15) is 14.9 Å². The van der Waals surface area contributed by atoms with E-state index in [1.807, 2.05) is 0 Å². The maximum absolute atomic E-state index is 12.1. The van der Waals surface area contributed by atoms with Gasteiger partial charge >= 0.3 is 0 Å². The highest BCUT2D eigenvalue weighted by Gasteiger charge is 2.18. The van der Waals surface area contributed by atoms with Crippen LogP contribution in [0, 0.1) is 17.0 Å². The average molecular weight is 293 g/mol. The zero-order chi connectivity index (χ0) is 14.7. The molecule has 2 rings (SSSR count). The van der Waals surface area contributed by atoms with Gasteiger partial charge in [0.1, 0.15) is 12.0 Å². The Morgan fingerprint density at radius 2 is 2.25 bits per heavy atom. The Morgan fingerprint density at radius 3 is 2.80 bits per heavy atom. The Morgan fingerprint density at radius 1 is 1.50 bits per heavy atom. The van der Waals surface area contributed by atoms with Gasteiger partial charge in [-0.15, -0.1) is 11.3 Å². The van der Waals surface area contributed by atoms with Gasteiger partial charge in [0.05, 0.1) is 16.2 Å². The molecule has 0 aliphatic heterocycles. The molecular formula is C11H11N5O3S. The van der Waals surface area contributed by atoms with E-state index in [-0.39, 0.29) is 17.1 Å². The largest absolute Gasteiger partial charge is 0.372 e. The number of rotatable bonds is 4. The molecule has 0 atom stereocenters. The standard InChI is InChI=1S/C11H11N5O3S/c1-6-5-20-11(14-6)15-10(17)8-3-7(16(18)19)4-13-9(8)12-2/h3-5H,1-2H3,(H,12,13)(H,14,15,17). The van der Waals surface area contributed by atoms with Gasteiger partial charge in [0.15, 0.2) is 5.13 Å². The topological polar surface area (TPSA) is 110 Å². The molecule has 2 aromatic heterocycles. The first-order valence-corrected chi connectivity index (χ1v) is 6.45. The second-order valence-electron chi connectivity index (χ2n) is 3.84. The summed E-state index contributed by atoms with van der Waals surface area (Å²) in [7, 11) is 1.58. The third-order valence-electron chi connectivity index (χ3n) is 2.40. The highest BCUT2D eigenvalue weighted by atomic mass is 32.1. The normalized spacial score (nSPS) is 10.1. The third kappa shape index (κ3) is 2.88. The molecule has 0 saturated heterocycles. The van der Waals surface area contributed by atoms with E-state index in [2.05, 4.69) is 20.6 Å². The van der Waals surface area contributed by atoms with Crippen LogP contribution in [0.4, 0.5) is 16.6 Å². The molecule has 1 amide bonds. The van der Waals surface area contributed by atoms with Crippen LogP contribution < -0.4 is 10.6 Å². The van der Waals surface area contributed by atoms with Crippen LogP contribution in [-0.4, -0.2) is 27.8 Å². The van der Waals surface area contributed by atoms with Crippen LogP contribution in [0.1, 0.15) is 16.1 Å². The molecule has 0 bridgehead atoms. The molecule has 0 fully saturated rings. The van der Waals surface area contributed by atoms with Crippen molar-refractivity contribution in [3.63, 3.8) is 0 Å². The molecule has 0 radical (unpaired) electrons. The summed E-state index contributed by atoms with van der Waals surface area (Å²) in [5.41, 5.74) is 0.635. The number of nitrogens with one attached hydrogen (secondary N) is 2. The smallest absolute Gasteiger partial charge is 0.288 e. The van der Waals surface area contributed by atoms with Crippen molar-refractivity contribution < 1.29 is 9.72 Å². The Balaban J connectivity index is 2.32. The molecule has 0 aliphatic rings. The van der Waals surface area contributed by atoms with Crippen molar-refractivity contribution in [2.75, 3.05) is 17.7 Å². The molecule has 0 spiro atoms. The monoisotopic (exact) mass is 293 g/mol. The second kappa shape index (κ2) is 5.61. The van der Waals surface area contributed by atoms with Crippen molar-refractivity contribution in [2.24, 2.45) is 0 Å². The molecule has 20 heavy (non-hydrogen) atoms. The number of pyridine rings is 1. The summed E-state index contributed by atoms with van der Waals surface area (Å²) in [6.45, 7) is 1.81. The van der Waals surface area contributed by atoms with Gasteiger partial charge in [-0.05, 0) is 6.92 Å². The molecule has 2 heterocycles. The molecule has 104 valence electrons. The maximum Gasteiger partial charge on any atom is 0.288 e. The molecule has 0 aliphatic carbocycles. The SMILES string of the molecule is CNc1ncc([N+](=O)[O-])cc1C(=O)Nc1nc(C)cs1. The lowest BCUT2D eigenvalue weighted by Crippen LogP contribution is -2.15. The number of hydrogen-bond donors (Lipinski definition) is 2. The molecule has 2 aromatic rings. The van der Waals surface area contributed by atoms with Gasteiger partial charge in [0.25, 0.3) is 11.6 Å². The van der Waals surface area contributed by atoms with Crippen LogP contribution in [0.25, 0.3) is 0 Å². The van der Waals surface area contributed by atoms with Gasteiger partial charge < -0.3 is 5.32 Å². The number of aromatic nitrogens is 2. The summed E-state index contributed by atoms with van der Waals surface area (Å²) < 4.78 is 0. The number of carbonyl (C=O) groups is 1. The lowest BCUT2D eigenvalue weighted by molar-refractivity contribution is -0.385. The second-order valence-corrected chi connectivity index (χ2v) is 4.70. The van der Waals surface area contributed by atoms with Crippen molar-refractivity contribution in [1.29, 1.82) is 0 Å². The number of aryl methyl sites for hydroxylation is 1. The molecule has 9 heteroatoms. The minimum Gasteiger partial charge on any atom is -0.372 e. The minimum absolute atomic E-state index is 0.0922. The van der Waals surface area contributed by atoms with Crippen LogP contribution in [-0.2, 0) is 0 Å². The number of nitrogens with zero attached hydrogens (tertiary/aromatic N) is 3. The van der Waals surface area contributed by atoms with Crippen LogP contribution in [0.3, 0.4) is 0 Å². The van der Waals surface area contributed by atoms with Crippen LogP contribution in [0.15, 0.2) is 17.6 Å². The number of hydrogen-bond acceptors (Lipinski definition) is 7. The van der Waals surface area contributed by atoms with Gasteiger partial charge in [0.2, 0.25) is 0 Å². The van der Waals surface area contributed by atoms with E-state index in [4.69, 9.17) is 0 Å². The van der Waals surface area contributed by atoms with Crippen molar-refractivity contribution in [3.05, 3.63) is 39.0 Å². The predicted octanol–water partition coefficient (Wildman–Crippen LogP) is 2.05. The van der Waals surface area contributed by atoms with Gasteiger partial charge in [-0.3, -0.25) is 20.2 Å². The summed E-state index contributed by atoms with van der Waals surface area (Å²) in [6.07, 6.45) is 1.09. The van der Waals surface area contributed by atoms with Crippen molar-refractivity contribution in [3.8, 4) is 0 Å². The van der Waals surface area contributed by atoms with E-state index in [1.165, 1.54) is 17.4 Å². The van der Waals surface area contributed by atoms with Crippen LogP contribution in [0.2, 0.25) is 0 Å². The summed E-state index contributed by atoms with van der Waals surface area (Å²) in [5.74, 6) is -0.235. The van der Waals surface area contributed by atoms with E-state index in [1.54, 1.807) is 19.4 Å². The summed E-state index contributed by atoms with van der Waals surface area (Å²) >= 11 is 1.28. The van der Waals surface area contributed by atoms with Gasteiger partial charge in [-0.25, -0.2) is 9.97 Å². The fourth-order valence-corrected chi connectivity index (χ4v) is 2.18. The molecule has 0 unspecified atom stereocenters. The lowest BCUT2D eigenvalue weighted by Gasteiger charge is -2.07. The molecule has 8 nitrogen and oxygen atoms in total. The van der Waals surface area contributed by atoms with Gasteiger partial charge in [-0.2, -0.15) is 0 Å². The van der Waals surface area contributed by atoms with Crippen molar-refractivity contribution >= 4 is 33.9 Å². The van der Waals surface area contributed by atoms with Crippen LogP contribution >= 0.6 is 11.3 Å². The highest BCUT2D eigenvalue weighted by Crippen LogP contribution is 2.21. The summed E-state index contributed by atoms with van der Waals surface area (Å²) in [4.78, 5) is 30.2. The Kier molecular flexibility index (Phi) is 3.89. The quantitative estimate of drug-likeness (QED) is 0.659. The first-order chi connectivity index (χ1) is 9.51.